The first-order valence-electron chi connectivity index (χ1n) is 5.51. The number of ether oxygens (including phenoxy) is 1. The van der Waals surface area contributed by atoms with Gasteiger partial charge in [0.25, 0.3) is 0 Å². The van der Waals surface area contributed by atoms with Crippen LogP contribution in [-0.2, 0) is 4.74 Å². The fourth-order valence-electron chi connectivity index (χ4n) is 1.99. The summed E-state index contributed by atoms with van der Waals surface area (Å²) in [5.41, 5.74) is 0.327. The molecule has 0 radical (unpaired) electrons. The molecule has 0 aromatic carbocycles. The molecule has 1 aliphatic heterocycles. The van der Waals surface area contributed by atoms with E-state index in [-0.39, 0.29) is 0 Å². The molecule has 2 aliphatic rings. The molecule has 0 bridgehead atoms. The van der Waals surface area contributed by atoms with Crippen LogP contribution in [0.4, 0.5) is 0 Å². The minimum Gasteiger partial charge on any atom is -0.377 e. The standard InChI is InChI=1S/C11H21NO/c1-11(2)8-12-6-5-10(11)13-7-9-3-4-9/h9-10,12H,3-8H2,1-2H3. The summed E-state index contributed by atoms with van der Waals surface area (Å²) in [6.45, 7) is 7.84. The van der Waals surface area contributed by atoms with Gasteiger partial charge in [0.1, 0.15) is 0 Å². The maximum Gasteiger partial charge on any atom is 0.0650 e. The predicted molar refractivity (Wildman–Crippen MR) is 53.7 cm³/mol. The van der Waals surface area contributed by atoms with Crippen molar-refractivity contribution in [1.82, 2.24) is 5.32 Å². The highest BCUT2D eigenvalue weighted by molar-refractivity contribution is 4.87. The molecule has 2 rings (SSSR count). The van der Waals surface area contributed by atoms with Gasteiger partial charge >= 0.3 is 0 Å². The predicted octanol–water partition coefficient (Wildman–Crippen LogP) is 1.80. The summed E-state index contributed by atoms with van der Waals surface area (Å²) < 4.78 is 5.98. The Bertz CT molecular complexity index is 175. The van der Waals surface area contributed by atoms with E-state index in [0.717, 1.165) is 25.6 Å². The molecular weight excluding hydrogens is 162 g/mol. The van der Waals surface area contributed by atoms with Crippen molar-refractivity contribution in [2.45, 2.75) is 39.2 Å². The van der Waals surface area contributed by atoms with Gasteiger partial charge < -0.3 is 10.1 Å². The smallest absolute Gasteiger partial charge is 0.0650 e. The molecule has 0 spiro atoms. The minimum absolute atomic E-state index is 0.327. The lowest BCUT2D eigenvalue weighted by molar-refractivity contribution is -0.0468. The van der Waals surface area contributed by atoms with Crippen molar-refractivity contribution in [3.05, 3.63) is 0 Å². The Labute approximate surface area is 81.0 Å². The Morgan fingerprint density at radius 2 is 2.08 bits per heavy atom. The average Bonchev–Trinajstić information content (AvgIpc) is 2.85. The van der Waals surface area contributed by atoms with E-state index in [2.05, 4.69) is 19.2 Å². The second-order valence-corrected chi connectivity index (χ2v) is 5.22. The lowest BCUT2D eigenvalue weighted by atomic mass is 9.82. The molecular formula is C11H21NO. The zero-order valence-electron chi connectivity index (χ0n) is 8.81. The van der Waals surface area contributed by atoms with Gasteiger partial charge in [0, 0.05) is 18.6 Å². The van der Waals surface area contributed by atoms with E-state index in [1.807, 2.05) is 0 Å². The summed E-state index contributed by atoms with van der Waals surface area (Å²) in [7, 11) is 0. The minimum atomic E-state index is 0.327. The van der Waals surface area contributed by atoms with E-state index in [1.165, 1.54) is 19.3 Å². The van der Waals surface area contributed by atoms with Crippen LogP contribution in [0.15, 0.2) is 0 Å². The first-order chi connectivity index (χ1) is 6.18. The third kappa shape index (κ3) is 2.44. The number of hydrogen-bond donors (Lipinski definition) is 1. The van der Waals surface area contributed by atoms with Gasteiger partial charge in [-0.2, -0.15) is 0 Å². The molecule has 1 aliphatic carbocycles. The average molecular weight is 183 g/mol. The Morgan fingerprint density at radius 3 is 2.69 bits per heavy atom. The Morgan fingerprint density at radius 1 is 1.31 bits per heavy atom. The largest absolute Gasteiger partial charge is 0.377 e. The summed E-state index contributed by atoms with van der Waals surface area (Å²) in [6, 6.07) is 0. The lowest BCUT2D eigenvalue weighted by Gasteiger charge is -2.38. The number of rotatable bonds is 3. The van der Waals surface area contributed by atoms with Gasteiger partial charge in [-0.05, 0) is 31.7 Å². The number of nitrogens with one attached hydrogen (secondary N) is 1. The van der Waals surface area contributed by atoms with Crippen molar-refractivity contribution < 1.29 is 4.74 Å². The molecule has 0 aromatic rings. The van der Waals surface area contributed by atoms with Gasteiger partial charge in [-0.25, -0.2) is 0 Å². The van der Waals surface area contributed by atoms with Crippen LogP contribution in [0.3, 0.4) is 0 Å². The topological polar surface area (TPSA) is 21.3 Å². The summed E-state index contributed by atoms with van der Waals surface area (Å²) in [5, 5.41) is 3.43. The van der Waals surface area contributed by atoms with Gasteiger partial charge in [-0.1, -0.05) is 13.8 Å². The molecule has 13 heavy (non-hydrogen) atoms. The van der Waals surface area contributed by atoms with E-state index in [4.69, 9.17) is 4.74 Å². The van der Waals surface area contributed by atoms with Crippen LogP contribution in [0.1, 0.15) is 33.1 Å². The fraction of sp³-hybridized carbons (Fsp3) is 1.00. The van der Waals surface area contributed by atoms with E-state index in [1.54, 1.807) is 0 Å². The van der Waals surface area contributed by atoms with Crippen LogP contribution >= 0.6 is 0 Å². The lowest BCUT2D eigenvalue weighted by Crippen LogP contribution is -2.47. The van der Waals surface area contributed by atoms with Crippen molar-refractivity contribution >= 4 is 0 Å². The highest BCUT2D eigenvalue weighted by atomic mass is 16.5. The maximum absolute atomic E-state index is 5.98. The summed E-state index contributed by atoms with van der Waals surface area (Å²) in [4.78, 5) is 0. The molecule has 2 heteroatoms. The van der Waals surface area contributed by atoms with E-state index < -0.39 is 0 Å². The molecule has 2 nitrogen and oxygen atoms in total. The third-order valence-corrected chi connectivity index (χ3v) is 3.27. The van der Waals surface area contributed by atoms with E-state index in [0.29, 0.717) is 11.5 Å². The van der Waals surface area contributed by atoms with Gasteiger partial charge in [0.2, 0.25) is 0 Å². The second-order valence-electron chi connectivity index (χ2n) is 5.22. The number of hydrogen-bond acceptors (Lipinski definition) is 2. The van der Waals surface area contributed by atoms with Gasteiger partial charge in [0.15, 0.2) is 0 Å². The van der Waals surface area contributed by atoms with Crippen LogP contribution in [0.25, 0.3) is 0 Å². The highest BCUT2D eigenvalue weighted by Crippen LogP contribution is 2.33. The molecule has 1 unspecified atom stereocenters. The van der Waals surface area contributed by atoms with Crippen LogP contribution in [0.5, 0.6) is 0 Å². The molecule has 1 atom stereocenters. The molecule has 0 amide bonds. The number of piperidine rings is 1. The van der Waals surface area contributed by atoms with E-state index >= 15 is 0 Å². The highest BCUT2D eigenvalue weighted by Gasteiger charge is 2.34. The van der Waals surface area contributed by atoms with Gasteiger partial charge in [-0.3, -0.25) is 0 Å². The molecule has 2 fully saturated rings. The van der Waals surface area contributed by atoms with Crippen molar-refractivity contribution in [3.63, 3.8) is 0 Å². The monoisotopic (exact) mass is 183 g/mol. The second kappa shape index (κ2) is 3.58. The first kappa shape index (κ1) is 9.47. The molecule has 1 saturated carbocycles. The van der Waals surface area contributed by atoms with Crippen molar-refractivity contribution in [1.29, 1.82) is 0 Å². The van der Waals surface area contributed by atoms with Crippen LogP contribution in [0.2, 0.25) is 0 Å². The van der Waals surface area contributed by atoms with Gasteiger partial charge in [0.05, 0.1) is 6.10 Å². The quantitative estimate of drug-likeness (QED) is 0.720. The van der Waals surface area contributed by atoms with Crippen LogP contribution in [-0.4, -0.2) is 25.8 Å². The summed E-state index contributed by atoms with van der Waals surface area (Å²) >= 11 is 0. The molecule has 1 N–H and O–H groups in total. The molecule has 76 valence electrons. The van der Waals surface area contributed by atoms with Gasteiger partial charge in [-0.15, -0.1) is 0 Å². The Kier molecular flexibility index (Phi) is 2.61. The Hall–Kier alpha value is -0.0800. The molecule has 0 aromatic heterocycles. The maximum atomic E-state index is 5.98. The zero-order valence-corrected chi connectivity index (χ0v) is 8.81. The van der Waals surface area contributed by atoms with Crippen molar-refractivity contribution in [2.75, 3.05) is 19.7 Å². The zero-order chi connectivity index (χ0) is 9.31. The summed E-state index contributed by atoms with van der Waals surface area (Å²) in [6.07, 6.45) is 4.45. The van der Waals surface area contributed by atoms with Crippen LogP contribution in [0, 0.1) is 11.3 Å². The molecule has 1 heterocycles. The van der Waals surface area contributed by atoms with Crippen molar-refractivity contribution in [2.24, 2.45) is 11.3 Å². The SMILES string of the molecule is CC1(C)CNCCC1OCC1CC1. The normalized spacial score (nSPS) is 33.2. The third-order valence-electron chi connectivity index (χ3n) is 3.27. The molecule has 1 saturated heterocycles. The fourth-order valence-corrected chi connectivity index (χ4v) is 1.99. The van der Waals surface area contributed by atoms with Crippen LogP contribution < -0.4 is 5.32 Å². The first-order valence-corrected chi connectivity index (χ1v) is 5.51. The van der Waals surface area contributed by atoms with Crippen molar-refractivity contribution in [3.8, 4) is 0 Å². The summed E-state index contributed by atoms with van der Waals surface area (Å²) in [5.74, 6) is 0.894. The van der Waals surface area contributed by atoms with E-state index in [9.17, 15) is 0 Å². The Balaban J connectivity index is 1.79.